The summed E-state index contributed by atoms with van der Waals surface area (Å²) < 4.78 is 0. The van der Waals surface area contributed by atoms with Crippen molar-refractivity contribution in [2.24, 2.45) is 5.92 Å². The first-order chi connectivity index (χ1) is 14.0. The van der Waals surface area contributed by atoms with E-state index in [2.05, 4.69) is 19.2 Å². The molecule has 0 aliphatic rings. The topological polar surface area (TPSA) is 66.4 Å². The zero-order chi connectivity index (χ0) is 21.3. The van der Waals surface area contributed by atoms with Gasteiger partial charge in [0.25, 0.3) is 0 Å². The van der Waals surface area contributed by atoms with Crippen molar-refractivity contribution in [3.8, 4) is 0 Å². The van der Waals surface area contributed by atoms with Crippen molar-refractivity contribution in [3.63, 3.8) is 0 Å². The molecule has 0 heterocycles. The standard InChI is InChI=1S/C25H41NO3/c1-21(2)16-12-9-7-5-3-4-6-8-10-15-19-24(27)26-23(25(28)29)20-22-17-13-11-14-18-22/h11,13-14,17-18,21,23H,3-10,12,15-16,19-20H2,1-2H3,(H,26,27)(H,28,29)/t23-/m0/s1. The summed E-state index contributed by atoms with van der Waals surface area (Å²) in [5.41, 5.74) is 0.917. The molecule has 0 aliphatic heterocycles. The molecule has 1 atom stereocenters. The predicted molar refractivity (Wildman–Crippen MR) is 120 cm³/mol. The number of carbonyl (C=O) groups is 2. The quantitative estimate of drug-likeness (QED) is 0.307. The van der Waals surface area contributed by atoms with Gasteiger partial charge in [-0.3, -0.25) is 4.79 Å². The van der Waals surface area contributed by atoms with Crippen molar-refractivity contribution in [2.75, 3.05) is 0 Å². The van der Waals surface area contributed by atoms with Crippen molar-refractivity contribution in [2.45, 2.75) is 103 Å². The number of carbonyl (C=O) groups excluding carboxylic acids is 1. The van der Waals surface area contributed by atoms with Crippen LogP contribution in [-0.4, -0.2) is 23.0 Å². The summed E-state index contributed by atoms with van der Waals surface area (Å²) in [5, 5.41) is 12.0. The first-order valence-electron chi connectivity index (χ1n) is 11.5. The zero-order valence-electron chi connectivity index (χ0n) is 18.5. The number of amides is 1. The smallest absolute Gasteiger partial charge is 0.326 e. The van der Waals surface area contributed by atoms with Gasteiger partial charge in [0.2, 0.25) is 5.91 Å². The molecule has 1 amide bonds. The lowest BCUT2D eigenvalue weighted by Gasteiger charge is -2.14. The van der Waals surface area contributed by atoms with E-state index in [0.29, 0.717) is 12.8 Å². The summed E-state index contributed by atoms with van der Waals surface area (Å²) in [6, 6.07) is 8.56. The Morgan fingerprint density at radius 1 is 0.828 bits per heavy atom. The van der Waals surface area contributed by atoms with Crippen molar-refractivity contribution in [1.82, 2.24) is 5.32 Å². The molecule has 2 N–H and O–H groups in total. The van der Waals surface area contributed by atoms with Gasteiger partial charge in [0, 0.05) is 12.8 Å². The van der Waals surface area contributed by atoms with Gasteiger partial charge in [-0.05, 0) is 17.9 Å². The van der Waals surface area contributed by atoms with Crippen LogP contribution in [0.15, 0.2) is 30.3 Å². The van der Waals surface area contributed by atoms with Crippen molar-refractivity contribution < 1.29 is 14.7 Å². The fraction of sp³-hybridized carbons (Fsp3) is 0.680. The predicted octanol–water partition coefficient (Wildman–Crippen LogP) is 6.14. The molecular weight excluding hydrogens is 362 g/mol. The van der Waals surface area contributed by atoms with E-state index in [1.165, 1.54) is 51.4 Å². The fourth-order valence-corrected chi connectivity index (χ4v) is 3.57. The van der Waals surface area contributed by atoms with Gasteiger partial charge in [0.05, 0.1) is 0 Å². The maximum Gasteiger partial charge on any atom is 0.326 e. The number of aliphatic carboxylic acids is 1. The molecule has 1 rings (SSSR count). The maximum atomic E-state index is 12.1. The number of carboxylic acid groups (broad SMARTS) is 1. The number of unbranched alkanes of at least 4 members (excludes halogenated alkanes) is 9. The van der Waals surface area contributed by atoms with Crippen molar-refractivity contribution >= 4 is 11.9 Å². The minimum atomic E-state index is -0.980. The van der Waals surface area contributed by atoms with Crippen LogP contribution in [-0.2, 0) is 16.0 Å². The Labute approximate surface area is 177 Å². The van der Waals surface area contributed by atoms with E-state index in [-0.39, 0.29) is 5.91 Å². The molecule has 0 fully saturated rings. The van der Waals surface area contributed by atoms with Crippen LogP contribution in [0.3, 0.4) is 0 Å². The number of benzene rings is 1. The third kappa shape index (κ3) is 13.9. The van der Waals surface area contributed by atoms with Gasteiger partial charge >= 0.3 is 5.97 Å². The minimum absolute atomic E-state index is 0.158. The summed E-state index contributed by atoms with van der Waals surface area (Å²) in [7, 11) is 0. The Kier molecular flexibility index (Phi) is 13.9. The van der Waals surface area contributed by atoms with Gasteiger partial charge in [-0.2, -0.15) is 0 Å². The van der Waals surface area contributed by atoms with Crippen LogP contribution in [0.4, 0.5) is 0 Å². The van der Waals surface area contributed by atoms with E-state index >= 15 is 0 Å². The van der Waals surface area contributed by atoms with Crippen LogP contribution in [0, 0.1) is 5.92 Å². The first-order valence-corrected chi connectivity index (χ1v) is 11.5. The second kappa shape index (κ2) is 16.0. The highest BCUT2D eigenvalue weighted by atomic mass is 16.4. The van der Waals surface area contributed by atoms with Gasteiger partial charge in [0.1, 0.15) is 6.04 Å². The molecule has 164 valence electrons. The number of carboxylic acids is 1. The third-order valence-electron chi connectivity index (χ3n) is 5.35. The maximum absolute atomic E-state index is 12.1. The highest BCUT2D eigenvalue weighted by Crippen LogP contribution is 2.14. The molecule has 0 bridgehead atoms. The third-order valence-corrected chi connectivity index (χ3v) is 5.35. The SMILES string of the molecule is CC(C)CCCCCCCCCCCCC(=O)N[C@@H](Cc1ccccc1)C(=O)O. The molecule has 0 saturated heterocycles. The lowest BCUT2D eigenvalue weighted by Crippen LogP contribution is -2.42. The molecule has 0 aromatic heterocycles. The van der Waals surface area contributed by atoms with E-state index in [1.807, 2.05) is 30.3 Å². The Bertz CT molecular complexity index is 556. The van der Waals surface area contributed by atoms with Gasteiger partial charge < -0.3 is 10.4 Å². The van der Waals surface area contributed by atoms with Gasteiger partial charge in [-0.1, -0.05) is 108 Å². The minimum Gasteiger partial charge on any atom is -0.480 e. The van der Waals surface area contributed by atoms with Crippen LogP contribution in [0.2, 0.25) is 0 Å². The molecule has 0 radical (unpaired) electrons. The molecular formula is C25H41NO3. The lowest BCUT2D eigenvalue weighted by molar-refractivity contribution is -0.141. The molecule has 1 aromatic carbocycles. The van der Waals surface area contributed by atoms with E-state index in [0.717, 1.165) is 30.7 Å². The molecule has 0 unspecified atom stereocenters. The summed E-state index contributed by atoms with van der Waals surface area (Å²) in [6.07, 6.45) is 14.4. The molecule has 0 aliphatic carbocycles. The van der Waals surface area contributed by atoms with Crippen LogP contribution in [0.1, 0.15) is 96.5 Å². The van der Waals surface area contributed by atoms with Crippen LogP contribution < -0.4 is 5.32 Å². The number of hydrogen-bond donors (Lipinski definition) is 2. The lowest BCUT2D eigenvalue weighted by atomic mass is 10.0. The Hall–Kier alpha value is -1.84. The fourth-order valence-electron chi connectivity index (χ4n) is 3.57. The Morgan fingerprint density at radius 2 is 1.34 bits per heavy atom. The highest BCUT2D eigenvalue weighted by Gasteiger charge is 2.19. The largest absolute Gasteiger partial charge is 0.480 e. The highest BCUT2D eigenvalue weighted by molar-refractivity contribution is 5.83. The van der Waals surface area contributed by atoms with Crippen molar-refractivity contribution in [1.29, 1.82) is 0 Å². The first kappa shape index (κ1) is 25.2. The average molecular weight is 404 g/mol. The normalized spacial score (nSPS) is 12.1. The Balaban J connectivity index is 2.02. The molecule has 29 heavy (non-hydrogen) atoms. The van der Waals surface area contributed by atoms with Crippen LogP contribution in [0.25, 0.3) is 0 Å². The summed E-state index contributed by atoms with van der Waals surface area (Å²) in [4.78, 5) is 23.5. The molecule has 4 nitrogen and oxygen atoms in total. The molecule has 1 aromatic rings. The molecule has 0 saturated carbocycles. The molecule has 4 heteroatoms. The number of nitrogens with one attached hydrogen (secondary N) is 1. The van der Waals surface area contributed by atoms with Gasteiger partial charge in [-0.15, -0.1) is 0 Å². The van der Waals surface area contributed by atoms with Gasteiger partial charge in [-0.25, -0.2) is 4.79 Å². The van der Waals surface area contributed by atoms with Crippen LogP contribution >= 0.6 is 0 Å². The van der Waals surface area contributed by atoms with Crippen LogP contribution in [0.5, 0.6) is 0 Å². The second-order valence-corrected chi connectivity index (χ2v) is 8.62. The number of rotatable bonds is 17. The average Bonchev–Trinajstić information content (AvgIpc) is 2.68. The summed E-state index contributed by atoms with van der Waals surface area (Å²) in [5.74, 6) is -0.308. The number of hydrogen-bond acceptors (Lipinski definition) is 2. The van der Waals surface area contributed by atoms with E-state index < -0.39 is 12.0 Å². The molecule has 0 spiro atoms. The van der Waals surface area contributed by atoms with Gasteiger partial charge in [0.15, 0.2) is 0 Å². The van der Waals surface area contributed by atoms with E-state index in [9.17, 15) is 14.7 Å². The summed E-state index contributed by atoms with van der Waals surface area (Å²) in [6.45, 7) is 4.58. The van der Waals surface area contributed by atoms with E-state index in [4.69, 9.17) is 0 Å². The zero-order valence-corrected chi connectivity index (χ0v) is 18.5. The second-order valence-electron chi connectivity index (χ2n) is 8.62. The Morgan fingerprint density at radius 3 is 1.86 bits per heavy atom. The monoisotopic (exact) mass is 403 g/mol. The summed E-state index contributed by atoms with van der Waals surface area (Å²) >= 11 is 0. The van der Waals surface area contributed by atoms with E-state index in [1.54, 1.807) is 0 Å². The van der Waals surface area contributed by atoms with Crippen molar-refractivity contribution in [3.05, 3.63) is 35.9 Å².